The molecule has 0 aliphatic carbocycles. The molecule has 94 valence electrons. The van der Waals surface area contributed by atoms with E-state index in [2.05, 4.69) is 11.9 Å². The van der Waals surface area contributed by atoms with Gasteiger partial charge in [0, 0.05) is 12.1 Å². The van der Waals surface area contributed by atoms with Gasteiger partial charge in [0.15, 0.2) is 0 Å². The van der Waals surface area contributed by atoms with Gasteiger partial charge in [0.05, 0.1) is 17.3 Å². The zero-order valence-corrected chi connectivity index (χ0v) is 10.6. The summed E-state index contributed by atoms with van der Waals surface area (Å²) in [6.07, 6.45) is 0. The number of para-hydroxylation sites is 2. The van der Waals surface area contributed by atoms with E-state index >= 15 is 0 Å². The van der Waals surface area contributed by atoms with Crippen molar-refractivity contribution in [3.63, 3.8) is 0 Å². The van der Waals surface area contributed by atoms with Crippen molar-refractivity contribution in [2.45, 2.75) is 13.8 Å². The molecule has 1 atom stereocenters. The summed E-state index contributed by atoms with van der Waals surface area (Å²) in [6, 6.07) is 7.30. The first kappa shape index (κ1) is 12.4. The standard InChI is InChI=1S/C14H16N2O2/c1-9(2)14(18)16-8-10(3)13(17)15-11-6-4-5-7-12(11)16/h4-7,10H,1,8H2,2-3H3,(H,15,17). The molecule has 0 spiro atoms. The number of fused-ring (bicyclic) bond motifs is 1. The van der Waals surface area contributed by atoms with Crippen molar-refractivity contribution >= 4 is 23.2 Å². The number of carbonyl (C=O) groups excluding carboxylic acids is 2. The average molecular weight is 244 g/mol. The van der Waals surface area contributed by atoms with Gasteiger partial charge in [-0.2, -0.15) is 0 Å². The SMILES string of the molecule is C=C(C)C(=O)N1CC(C)C(=O)Nc2ccccc21. The molecule has 1 aliphatic rings. The Morgan fingerprint density at radius 1 is 1.44 bits per heavy atom. The molecule has 0 radical (unpaired) electrons. The lowest BCUT2D eigenvalue weighted by Gasteiger charge is -2.23. The minimum atomic E-state index is -0.249. The first-order valence-corrected chi connectivity index (χ1v) is 5.88. The van der Waals surface area contributed by atoms with E-state index in [1.165, 1.54) is 0 Å². The Kier molecular flexibility index (Phi) is 3.19. The summed E-state index contributed by atoms with van der Waals surface area (Å²) < 4.78 is 0. The van der Waals surface area contributed by atoms with Crippen LogP contribution in [0.2, 0.25) is 0 Å². The minimum absolute atomic E-state index is 0.0699. The van der Waals surface area contributed by atoms with Gasteiger partial charge in [-0.15, -0.1) is 0 Å². The fourth-order valence-electron chi connectivity index (χ4n) is 1.95. The number of anilines is 2. The maximum atomic E-state index is 12.2. The summed E-state index contributed by atoms with van der Waals surface area (Å²) in [5.74, 6) is -0.467. The average Bonchev–Trinajstić information content (AvgIpc) is 2.46. The lowest BCUT2D eigenvalue weighted by Crippen LogP contribution is -2.36. The Bertz CT molecular complexity index is 522. The predicted octanol–water partition coefficient (Wildman–Crippen LogP) is 2.18. The molecule has 1 aliphatic heterocycles. The van der Waals surface area contributed by atoms with E-state index in [1.807, 2.05) is 18.2 Å². The molecular weight excluding hydrogens is 228 g/mol. The molecule has 1 N–H and O–H groups in total. The number of carbonyl (C=O) groups is 2. The molecule has 0 aromatic heterocycles. The highest BCUT2D eigenvalue weighted by molar-refractivity contribution is 6.10. The van der Waals surface area contributed by atoms with E-state index in [9.17, 15) is 9.59 Å². The molecule has 4 heteroatoms. The van der Waals surface area contributed by atoms with Crippen LogP contribution in [0.4, 0.5) is 11.4 Å². The molecule has 1 aromatic carbocycles. The van der Waals surface area contributed by atoms with Crippen LogP contribution in [-0.4, -0.2) is 18.4 Å². The van der Waals surface area contributed by atoms with Crippen molar-refractivity contribution in [3.8, 4) is 0 Å². The van der Waals surface area contributed by atoms with Crippen LogP contribution in [0.3, 0.4) is 0 Å². The van der Waals surface area contributed by atoms with Gasteiger partial charge in [-0.1, -0.05) is 25.6 Å². The molecule has 1 aromatic rings. The smallest absolute Gasteiger partial charge is 0.253 e. The molecule has 1 heterocycles. The Morgan fingerprint density at radius 2 is 2.11 bits per heavy atom. The number of hydrogen-bond acceptors (Lipinski definition) is 2. The summed E-state index contributed by atoms with van der Waals surface area (Å²) in [5, 5.41) is 2.83. The first-order chi connectivity index (χ1) is 8.50. The van der Waals surface area contributed by atoms with Crippen LogP contribution in [0.25, 0.3) is 0 Å². The Labute approximate surface area is 106 Å². The van der Waals surface area contributed by atoms with Crippen molar-refractivity contribution < 1.29 is 9.59 Å². The quantitative estimate of drug-likeness (QED) is 0.770. The molecule has 4 nitrogen and oxygen atoms in total. The van der Waals surface area contributed by atoms with Crippen LogP contribution in [0.5, 0.6) is 0 Å². The van der Waals surface area contributed by atoms with E-state index in [0.717, 1.165) is 5.69 Å². The highest BCUT2D eigenvalue weighted by Gasteiger charge is 2.28. The molecule has 0 bridgehead atoms. The van der Waals surface area contributed by atoms with Crippen LogP contribution in [0, 0.1) is 5.92 Å². The van der Waals surface area contributed by atoms with Gasteiger partial charge in [0.25, 0.3) is 5.91 Å². The van der Waals surface area contributed by atoms with Gasteiger partial charge in [0.2, 0.25) is 5.91 Å². The molecule has 2 rings (SSSR count). The van der Waals surface area contributed by atoms with E-state index < -0.39 is 0 Å². The van der Waals surface area contributed by atoms with Crippen molar-refractivity contribution in [3.05, 3.63) is 36.4 Å². The second-order valence-corrected chi connectivity index (χ2v) is 4.60. The van der Waals surface area contributed by atoms with Crippen molar-refractivity contribution in [1.82, 2.24) is 0 Å². The van der Waals surface area contributed by atoms with E-state index in [4.69, 9.17) is 0 Å². The fourth-order valence-corrected chi connectivity index (χ4v) is 1.95. The summed E-state index contributed by atoms with van der Waals surface area (Å²) in [4.78, 5) is 25.6. The summed E-state index contributed by atoms with van der Waals surface area (Å²) in [7, 11) is 0. The Balaban J connectivity index is 2.49. The third kappa shape index (κ3) is 2.14. The lowest BCUT2D eigenvalue weighted by molar-refractivity contribution is -0.119. The highest BCUT2D eigenvalue weighted by Crippen LogP contribution is 2.30. The largest absolute Gasteiger partial charge is 0.324 e. The molecule has 1 unspecified atom stereocenters. The second kappa shape index (κ2) is 4.64. The second-order valence-electron chi connectivity index (χ2n) is 4.60. The van der Waals surface area contributed by atoms with Crippen LogP contribution in [0.15, 0.2) is 36.4 Å². The van der Waals surface area contributed by atoms with Gasteiger partial charge in [-0.25, -0.2) is 0 Å². The molecule has 0 saturated heterocycles. The van der Waals surface area contributed by atoms with Crippen molar-refractivity contribution in [2.75, 3.05) is 16.8 Å². The van der Waals surface area contributed by atoms with Crippen molar-refractivity contribution in [2.24, 2.45) is 5.92 Å². The van der Waals surface area contributed by atoms with E-state index in [0.29, 0.717) is 17.8 Å². The summed E-state index contributed by atoms with van der Waals surface area (Å²) in [6.45, 7) is 7.53. The van der Waals surface area contributed by atoms with E-state index in [1.54, 1.807) is 24.8 Å². The third-order valence-corrected chi connectivity index (χ3v) is 2.97. The van der Waals surface area contributed by atoms with Crippen LogP contribution in [-0.2, 0) is 9.59 Å². The van der Waals surface area contributed by atoms with E-state index in [-0.39, 0.29) is 17.7 Å². The molecular formula is C14H16N2O2. The molecule has 18 heavy (non-hydrogen) atoms. The van der Waals surface area contributed by atoms with Crippen LogP contribution in [0.1, 0.15) is 13.8 Å². The minimum Gasteiger partial charge on any atom is -0.324 e. The highest BCUT2D eigenvalue weighted by atomic mass is 16.2. The summed E-state index contributed by atoms with van der Waals surface area (Å²) in [5.41, 5.74) is 1.86. The number of nitrogens with zero attached hydrogens (tertiary/aromatic N) is 1. The number of hydrogen-bond donors (Lipinski definition) is 1. The Morgan fingerprint density at radius 3 is 2.78 bits per heavy atom. The fraction of sp³-hybridized carbons (Fsp3) is 0.286. The van der Waals surface area contributed by atoms with Crippen LogP contribution >= 0.6 is 0 Å². The van der Waals surface area contributed by atoms with Gasteiger partial charge in [-0.3, -0.25) is 9.59 Å². The Hall–Kier alpha value is -2.10. The molecule has 0 saturated carbocycles. The third-order valence-electron chi connectivity index (χ3n) is 2.97. The monoisotopic (exact) mass is 244 g/mol. The number of nitrogens with one attached hydrogen (secondary N) is 1. The zero-order valence-electron chi connectivity index (χ0n) is 10.6. The van der Waals surface area contributed by atoms with Gasteiger partial charge >= 0.3 is 0 Å². The number of benzene rings is 1. The number of amides is 2. The topological polar surface area (TPSA) is 49.4 Å². The van der Waals surface area contributed by atoms with Gasteiger partial charge in [-0.05, 0) is 19.1 Å². The van der Waals surface area contributed by atoms with Gasteiger partial charge < -0.3 is 10.2 Å². The summed E-state index contributed by atoms with van der Waals surface area (Å²) >= 11 is 0. The molecule has 2 amide bonds. The predicted molar refractivity (Wildman–Crippen MR) is 71.4 cm³/mol. The maximum Gasteiger partial charge on any atom is 0.253 e. The lowest BCUT2D eigenvalue weighted by atomic mass is 10.1. The zero-order chi connectivity index (χ0) is 13.3. The number of rotatable bonds is 1. The maximum absolute atomic E-state index is 12.2. The van der Waals surface area contributed by atoms with Crippen molar-refractivity contribution in [1.29, 1.82) is 0 Å². The molecule has 0 fully saturated rings. The first-order valence-electron chi connectivity index (χ1n) is 5.88. The van der Waals surface area contributed by atoms with Crippen LogP contribution < -0.4 is 10.2 Å². The van der Waals surface area contributed by atoms with Gasteiger partial charge in [0.1, 0.15) is 0 Å². The normalized spacial score (nSPS) is 18.7.